The molecular formula is C18H20F3N4O3+. The third-order valence-corrected chi connectivity index (χ3v) is 4.01. The number of alkyl halides is 3. The quantitative estimate of drug-likeness (QED) is 0.772. The van der Waals surface area contributed by atoms with E-state index >= 15 is 0 Å². The van der Waals surface area contributed by atoms with Crippen LogP contribution in [0, 0.1) is 0 Å². The first-order chi connectivity index (χ1) is 13.1. The fourth-order valence-electron chi connectivity index (χ4n) is 2.63. The molecule has 2 rings (SSSR count). The fraction of sp³-hybridized carbons (Fsp3) is 0.389. The molecule has 1 heterocycles. The van der Waals surface area contributed by atoms with Crippen LogP contribution >= 0.6 is 0 Å². The molecule has 0 fully saturated rings. The van der Waals surface area contributed by atoms with Gasteiger partial charge in [-0.2, -0.15) is 27.6 Å². The lowest BCUT2D eigenvalue weighted by molar-refractivity contribution is -0.436. The summed E-state index contributed by atoms with van der Waals surface area (Å²) in [6.07, 6.45) is -3.48. The summed E-state index contributed by atoms with van der Waals surface area (Å²) in [6, 6.07) is 2.85. The van der Waals surface area contributed by atoms with Crippen LogP contribution in [0.15, 0.2) is 29.3 Å². The van der Waals surface area contributed by atoms with Crippen LogP contribution in [0.4, 0.5) is 18.0 Å². The number of imide groups is 1. The van der Waals surface area contributed by atoms with E-state index in [0.717, 1.165) is 33.7 Å². The molecule has 0 saturated heterocycles. The lowest BCUT2D eigenvalue weighted by Crippen LogP contribution is -2.58. The molecule has 7 nitrogen and oxygen atoms in total. The van der Waals surface area contributed by atoms with Crippen molar-refractivity contribution in [3.8, 4) is 0 Å². The van der Waals surface area contributed by atoms with Crippen molar-refractivity contribution >= 4 is 29.4 Å². The smallest absolute Gasteiger partial charge is 0.316 e. The molecule has 1 aromatic carbocycles. The normalized spacial score (nSPS) is 16.9. The van der Waals surface area contributed by atoms with E-state index in [2.05, 4.69) is 4.99 Å². The number of hydrogen-bond acceptors (Lipinski definition) is 4. The second-order valence-corrected chi connectivity index (χ2v) is 6.12. The number of nitrogens with zero attached hydrogens (tertiary/aromatic N) is 3. The highest BCUT2D eigenvalue weighted by molar-refractivity contribution is 6.68. The minimum Gasteiger partial charge on any atom is -0.316 e. The molecule has 0 spiro atoms. The van der Waals surface area contributed by atoms with Gasteiger partial charge in [0.15, 0.2) is 0 Å². The standard InChI is InChI=1S/C18H19F3N4O3/c1-3-9-24-14(22)13(16(27)25(10-4-2)17(24)28)23-15(26)11-5-7-12(8-6-11)18(19,20)21/h5-8,22H,3-4,9-10H2,1-2H3/p+1. The molecule has 4 amide bonds. The van der Waals surface area contributed by atoms with Crippen LogP contribution in [0.5, 0.6) is 0 Å². The first kappa shape index (κ1) is 21.3. The molecule has 0 bridgehead atoms. The van der Waals surface area contributed by atoms with E-state index in [1.807, 2.05) is 6.92 Å². The van der Waals surface area contributed by atoms with Crippen LogP contribution in [-0.2, 0) is 11.0 Å². The number of rotatable bonds is 5. The Kier molecular flexibility index (Phi) is 6.32. The number of aliphatic imine (C=N–C) groups is 1. The second kappa shape index (κ2) is 8.32. The topological polar surface area (TPSA) is 95.8 Å². The SMILES string of the molecule is CCCN1C(=O)C(=NC(=O)c2ccc(C(F)(F)F)cc2)C(N)=[N+](CCC)C1=O. The Balaban J connectivity index is 2.44. The molecule has 28 heavy (non-hydrogen) atoms. The Hall–Kier alpha value is -3.04. The summed E-state index contributed by atoms with van der Waals surface area (Å²) in [5.41, 5.74) is 4.45. The summed E-state index contributed by atoms with van der Waals surface area (Å²) in [5.74, 6) is -1.98. The van der Waals surface area contributed by atoms with Crippen LogP contribution < -0.4 is 5.73 Å². The number of halogens is 3. The maximum Gasteiger partial charge on any atom is 0.446 e. The van der Waals surface area contributed by atoms with Crippen molar-refractivity contribution in [2.75, 3.05) is 13.1 Å². The van der Waals surface area contributed by atoms with E-state index in [-0.39, 0.29) is 24.5 Å². The molecule has 150 valence electrons. The largest absolute Gasteiger partial charge is 0.446 e. The summed E-state index contributed by atoms with van der Waals surface area (Å²) >= 11 is 0. The van der Waals surface area contributed by atoms with Gasteiger partial charge < -0.3 is 5.73 Å². The van der Waals surface area contributed by atoms with Crippen molar-refractivity contribution in [2.45, 2.75) is 32.9 Å². The average molecular weight is 397 g/mol. The molecule has 0 unspecified atom stereocenters. The number of amidine groups is 1. The number of carbonyl (C=O) groups excluding carboxylic acids is 3. The minimum atomic E-state index is -4.54. The van der Waals surface area contributed by atoms with Gasteiger partial charge in [0.25, 0.3) is 11.7 Å². The summed E-state index contributed by atoms with van der Waals surface area (Å²) in [4.78, 5) is 42.0. The van der Waals surface area contributed by atoms with Gasteiger partial charge in [0.2, 0.25) is 5.71 Å². The van der Waals surface area contributed by atoms with E-state index in [9.17, 15) is 27.6 Å². The monoisotopic (exact) mass is 397 g/mol. The highest BCUT2D eigenvalue weighted by Gasteiger charge is 2.43. The maximum absolute atomic E-state index is 12.6. The van der Waals surface area contributed by atoms with Gasteiger partial charge in [0.05, 0.1) is 18.7 Å². The van der Waals surface area contributed by atoms with Gasteiger partial charge in [-0.05, 0) is 37.1 Å². The number of benzene rings is 1. The van der Waals surface area contributed by atoms with Gasteiger partial charge in [-0.3, -0.25) is 4.79 Å². The summed E-state index contributed by atoms with van der Waals surface area (Å²) < 4.78 is 39.1. The van der Waals surface area contributed by atoms with Crippen molar-refractivity contribution < 1.29 is 32.1 Å². The summed E-state index contributed by atoms with van der Waals surface area (Å²) in [7, 11) is 0. The van der Waals surface area contributed by atoms with E-state index in [1.165, 1.54) is 0 Å². The number of urea groups is 1. The lowest BCUT2D eigenvalue weighted by Gasteiger charge is -2.22. The molecule has 0 aromatic heterocycles. The number of carbonyl (C=O) groups is 3. The van der Waals surface area contributed by atoms with Crippen LogP contribution in [0.3, 0.4) is 0 Å². The van der Waals surface area contributed by atoms with Crippen molar-refractivity contribution in [1.29, 1.82) is 0 Å². The predicted molar refractivity (Wildman–Crippen MR) is 95.2 cm³/mol. The Morgan fingerprint density at radius 2 is 1.75 bits per heavy atom. The number of hydrogen-bond donors (Lipinski definition) is 1. The first-order valence-corrected chi connectivity index (χ1v) is 8.68. The zero-order valence-electron chi connectivity index (χ0n) is 15.4. The van der Waals surface area contributed by atoms with Gasteiger partial charge in [-0.15, -0.1) is 0 Å². The zero-order valence-corrected chi connectivity index (χ0v) is 15.4. The number of amides is 4. The van der Waals surface area contributed by atoms with Gasteiger partial charge in [0.1, 0.15) is 0 Å². The average Bonchev–Trinajstić information content (AvgIpc) is 2.65. The number of nitrogens with two attached hydrogens (primary N) is 1. The Morgan fingerprint density at radius 3 is 2.25 bits per heavy atom. The van der Waals surface area contributed by atoms with E-state index < -0.39 is 35.3 Å². The summed E-state index contributed by atoms with van der Waals surface area (Å²) in [5, 5.41) is 0. The van der Waals surface area contributed by atoms with Crippen molar-refractivity contribution in [3.63, 3.8) is 0 Å². The van der Waals surface area contributed by atoms with Crippen molar-refractivity contribution in [3.05, 3.63) is 35.4 Å². The highest BCUT2D eigenvalue weighted by Crippen LogP contribution is 2.29. The van der Waals surface area contributed by atoms with Crippen LogP contribution in [0.25, 0.3) is 0 Å². The fourth-order valence-corrected chi connectivity index (χ4v) is 2.63. The third kappa shape index (κ3) is 4.26. The molecule has 1 aliphatic heterocycles. The minimum absolute atomic E-state index is 0.124. The molecule has 2 N–H and O–H groups in total. The molecule has 0 saturated carbocycles. The maximum atomic E-state index is 12.6. The predicted octanol–water partition coefficient (Wildman–Crippen LogP) is 2.44. The summed E-state index contributed by atoms with van der Waals surface area (Å²) in [6.45, 7) is 3.94. The third-order valence-electron chi connectivity index (χ3n) is 4.01. The van der Waals surface area contributed by atoms with Gasteiger partial charge >= 0.3 is 18.1 Å². The Morgan fingerprint density at radius 1 is 1.14 bits per heavy atom. The van der Waals surface area contributed by atoms with Crippen LogP contribution in [0.1, 0.15) is 42.6 Å². The molecule has 1 aromatic rings. The van der Waals surface area contributed by atoms with E-state index in [1.54, 1.807) is 6.92 Å². The van der Waals surface area contributed by atoms with Gasteiger partial charge in [-0.25, -0.2) is 9.59 Å². The van der Waals surface area contributed by atoms with E-state index in [0.29, 0.717) is 12.8 Å². The Bertz CT molecular complexity index is 858. The molecule has 0 atom stereocenters. The van der Waals surface area contributed by atoms with Crippen molar-refractivity contribution in [2.24, 2.45) is 10.7 Å². The van der Waals surface area contributed by atoms with E-state index in [4.69, 9.17) is 5.73 Å². The van der Waals surface area contributed by atoms with Crippen LogP contribution in [0.2, 0.25) is 0 Å². The van der Waals surface area contributed by atoms with Crippen LogP contribution in [-0.4, -0.2) is 52.0 Å². The lowest BCUT2D eigenvalue weighted by atomic mass is 10.1. The van der Waals surface area contributed by atoms with Gasteiger partial charge in [-0.1, -0.05) is 13.8 Å². The first-order valence-electron chi connectivity index (χ1n) is 8.68. The molecule has 10 heteroatoms. The second-order valence-electron chi connectivity index (χ2n) is 6.12. The zero-order chi connectivity index (χ0) is 21.1. The van der Waals surface area contributed by atoms with Crippen molar-refractivity contribution in [1.82, 2.24) is 4.90 Å². The highest BCUT2D eigenvalue weighted by atomic mass is 19.4. The molecule has 0 radical (unpaired) electrons. The molecular weight excluding hydrogens is 377 g/mol. The van der Waals surface area contributed by atoms with Gasteiger partial charge in [0, 0.05) is 5.56 Å². The molecule has 0 aliphatic carbocycles. The Labute approximate surface area is 159 Å². The molecule has 1 aliphatic rings.